The van der Waals surface area contributed by atoms with Crippen LogP contribution in [0, 0.1) is 11.3 Å². The van der Waals surface area contributed by atoms with Gasteiger partial charge in [0.25, 0.3) is 0 Å². The lowest BCUT2D eigenvalue weighted by atomic mass is 10.2. The molecular weight excluding hydrogens is 254 g/mol. The average molecular weight is 264 g/mol. The number of H-pyrrole nitrogens is 1. The molecule has 0 fully saturated rings. The predicted molar refractivity (Wildman–Crippen MR) is 69.7 cm³/mol. The third-order valence-electron chi connectivity index (χ3n) is 2.84. The van der Waals surface area contributed by atoms with Crippen molar-refractivity contribution in [2.45, 2.75) is 0 Å². The zero-order valence-electron chi connectivity index (χ0n) is 10.4. The Morgan fingerprint density at radius 1 is 1.10 bits per heavy atom. The molecule has 0 saturated heterocycles. The van der Waals surface area contributed by atoms with Gasteiger partial charge < -0.3 is 5.11 Å². The van der Waals surface area contributed by atoms with Gasteiger partial charge in [-0.1, -0.05) is 24.3 Å². The van der Waals surface area contributed by atoms with Gasteiger partial charge in [0, 0.05) is 0 Å². The van der Waals surface area contributed by atoms with Crippen LogP contribution in [0.4, 0.5) is 0 Å². The highest BCUT2D eigenvalue weighted by Gasteiger charge is 2.19. The Bertz CT molecular complexity index is 789. The number of tetrazole rings is 1. The second-order valence-corrected chi connectivity index (χ2v) is 4.10. The molecule has 0 atom stereocenters. The van der Waals surface area contributed by atoms with E-state index in [0.717, 1.165) is 5.56 Å². The van der Waals surface area contributed by atoms with Crippen molar-refractivity contribution in [2.75, 3.05) is 0 Å². The fraction of sp³-hybridized carbons (Fsp3) is 0. The van der Waals surface area contributed by atoms with Crippen LogP contribution in [-0.2, 0) is 0 Å². The van der Waals surface area contributed by atoms with Crippen LogP contribution in [-0.4, -0.2) is 20.5 Å². The van der Waals surface area contributed by atoms with Gasteiger partial charge in [-0.3, -0.25) is 0 Å². The first-order valence-electron chi connectivity index (χ1n) is 5.92. The van der Waals surface area contributed by atoms with E-state index < -0.39 is 0 Å². The Balaban J connectivity index is 2.08. The zero-order chi connectivity index (χ0) is 13.9. The Hall–Kier alpha value is -3.20. The molecule has 0 aliphatic heterocycles. The molecule has 0 aliphatic rings. The second kappa shape index (κ2) is 4.82. The van der Waals surface area contributed by atoms with Crippen LogP contribution in [0.1, 0.15) is 5.56 Å². The Morgan fingerprint density at radius 3 is 2.65 bits per heavy atom. The number of nitriles is 1. The first-order valence-corrected chi connectivity index (χ1v) is 5.92. The highest BCUT2D eigenvalue weighted by Crippen LogP contribution is 2.19. The number of phenolic OH excluding ortho intramolecular Hbond substituents is 1. The monoisotopic (exact) mass is 264 g/mol. The van der Waals surface area contributed by atoms with Crippen LogP contribution in [0.25, 0.3) is 17.1 Å². The van der Waals surface area contributed by atoms with Crippen molar-refractivity contribution < 1.29 is 9.90 Å². The lowest BCUT2D eigenvalue weighted by molar-refractivity contribution is -0.716. The molecule has 3 rings (SSSR count). The highest BCUT2D eigenvalue weighted by molar-refractivity contribution is 5.54. The van der Waals surface area contributed by atoms with Crippen molar-refractivity contribution in [3.63, 3.8) is 0 Å². The van der Waals surface area contributed by atoms with E-state index in [-0.39, 0.29) is 11.3 Å². The molecule has 2 aromatic carbocycles. The van der Waals surface area contributed by atoms with Crippen molar-refractivity contribution in [2.24, 2.45) is 0 Å². The molecule has 0 aliphatic carbocycles. The molecule has 0 radical (unpaired) electrons. The minimum Gasteiger partial charge on any atom is -0.506 e. The number of aromatic hydroxyl groups is 1. The molecule has 0 saturated carbocycles. The molecule has 6 nitrogen and oxygen atoms in total. The SMILES string of the molecule is N#Cc1c(O)cccc1-[n+]1nc(-c2ccccc2)n[nH]1. The zero-order valence-corrected chi connectivity index (χ0v) is 10.4. The van der Waals surface area contributed by atoms with Crippen LogP contribution in [0.5, 0.6) is 5.75 Å². The summed E-state index contributed by atoms with van der Waals surface area (Å²) in [6.45, 7) is 0. The number of hydrogen-bond acceptors (Lipinski definition) is 4. The molecule has 0 bridgehead atoms. The number of nitrogens with one attached hydrogen (secondary N) is 1. The summed E-state index contributed by atoms with van der Waals surface area (Å²) >= 11 is 0. The molecule has 20 heavy (non-hydrogen) atoms. The maximum absolute atomic E-state index is 9.68. The molecule has 96 valence electrons. The van der Waals surface area contributed by atoms with E-state index >= 15 is 0 Å². The van der Waals surface area contributed by atoms with E-state index in [2.05, 4.69) is 15.4 Å². The summed E-state index contributed by atoms with van der Waals surface area (Å²) in [7, 11) is 0. The van der Waals surface area contributed by atoms with Crippen LogP contribution in [0.3, 0.4) is 0 Å². The molecule has 2 N–H and O–H groups in total. The van der Waals surface area contributed by atoms with Gasteiger partial charge in [-0.15, -0.1) is 0 Å². The smallest absolute Gasteiger partial charge is 0.339 e. The van der Waals surface area contributed by atoms with E-state index in [1.54, 1.807) is 12.1 Å². The molecule has 0 amide bonds. The number of aromatic nitrogens is 4. The number of benzene rings is 2. The number of aromatic amines is 1. The standard InChI is InChI=1S/C14H9N5O/c15-9-11-12(7-4-8-13(11)20)19-17-14(16-18-19)10-5-2-1-3-6-10/h1-8,20H/p+1. The molecule has 1 aromatic heterocycles. The van der Waals surface area contributed by atoms with Crippen LogP contribution < -0.4 is 4.80 Å². The normalized spacial score (nSPS) is 10.2. The molecule has 3 aromatic rings. The van der Waals surface area contributed by atoms with E-state index in [1.165, 1.54) is 10.9 Å². The van der Waals surface area contributed by atoms with Gasteiger partial charge in [-0.25, -0.2) is 0 Å². The number of nitrogens with zero attached hydrogens (tertiary/aromatic N) is 4. The number of rotatable bonds is 2. The first-order chi connectivity index (χ1) is 9.79. The maximum Gasteiger partial charge on any atom is 0.339 e. The van der Waals surface area contributed by atoms with Crippen LogP contribution in [0.2, 0.25) is 0 Å². The Morgan fingerprint density at radius 2 is 1.90 bits per heavy atom. The van der Waals surface area contributed by atoms with Crippen molar-refractivity contribution in [1.82, 2.24) is 15.4 Å². The molecule has 1 heterocycles. The second-order valence-electron chi connectivity index (χ2n) is 4.10. The van der Waals surface area contributed by atoms with Gasteiger partial charge >= 0.3 is 5.82 Å². The molecule has 0 spiro atoms. The van der Waals surface area contributed by atoms with Gasteiger partial charge in [-0.05, 0) is 39.4 Å². The summed E-state index contributed by atoms with van der Waals surface area (Å²) in [5.41, 5.74) is 1.46. The van der Waals surface area contributed by atoms with Crippen LogP contribution in [0.15, 0.2) is 48.5 Å². The van der Waals surface area contributed by atoms with E-state index in [1.807, 2.05) is 36.4 Å². The third-order valence-corrected chi connectivity index (χ3v) is 2.84. The van der Waals surface area contributed by atoms with E-state index in [4.69, 9.17) is 5.26 Å². The van der Waals surface area contributed by atoms with Crippen molar-refractivity contribution in [3.8, 4) is 28.9 Å². The molecule has 0 unspecified atom stereocenters. The molecule has 6 heteroatoms. The van der Waals surface area contributed by atoms with Crippen molar-refractivity contribution in [1.29, 1.82) is 5.26 Å². The van der Waals surface area contributed by atoms with E-state index in [9.17, 15) is 5.11 Å². The lowest BCUT2D eigenvalue weighted by Gasteiger charge is -1.97. The number of phenols is 1. The summed E-state index contributed by atoms with van der Waals surface area (Å²) < 4.78 is 0. The van der Waals surface area contributed by atoms with Crippen molar-refractivity contribution >= 4 is 0 Å². The molecular formula is C14H10N5O+. The maximum atomic E-state index is 9.68. The summed E-state index contributed by atoms with van der Waals surface area (Å²) in [6, 6.07) is 16.2. The van der Waals surface area contributed by atoms with Crippen molar-refractivity contribution in [3.05, 3.63) is 54.1 Å². The fourth-order valence-corrected chi connectivity index (χ4v) is 1.87. The third kappa shape index (κ3) is 1.97. The minimum absolute atomic E-state index is 0.0878. The van der Waals surface area contributed by atoms with Gasteiger partial charge in [0.2, 0.25) is 5.69 Å². The van der Waals surface area contributed by atoms with E-state index in [0.29, 0.717) is 11.5 Å². The number of hydrogen-bond donors (Lipinski definition) is 2. The summed E-state index contributed by atoms with van der Waals surface area (Å²) in [5.74, 6) is 0.424. The first kappa shape index (κ1) is 11.9. The average Bonchev–Trinajstić information content (AvgIpc) is 2.97. The van der Waals surface area contributed by atoms with Gasteiger partial charge in [-0.2, -0.15) is 5.26 Å². The van der Waals surface area contributed by atoms with Crippen LogP contribution >= 0.6 is 0 Å². The van der Waals surface area contributed by atoms with Gasteiger partial charge in [0.1, 0.15) is 17.4 Å². The Kier molecular flexibility index (Phi) is 2.86. The van der Waals surface area contributed by atoms with Gasteiger partial charge in [0.05, 0.1) is 10.7 Å². The quantitative estimate of drug-likeness (QED) is 0.683. The highest BCUT2D eigenvalue weighted by atomic mass is 16.3. The largest absolute Gasteiger partial charge is 0.506 e. The lowest BCUT2D eigenvalue weighted by Crippen LogP contribution is -2.37. The summed E-state index contributed by atoms with van der Waals surface area (Å²) in [4.78, 5) is 1.36. The predicted octanol–water partition coefficient (Wildman–Crippen LogP) is 1.33. The topological polar surface area (TPSA) is 89.5 Å². The van der Waals surface area contributed by atoms with Gasteiger partial charge in [0.15, 0.2) is 0 Å². The minimum atomic E-state index is -0.0878. The summed E-state index contributed by atoms with van der Waals surface area (Å²) in [6.07, 6.45) is 0. The Labute approximate surface area is 114 Å². The summed E-state index contributed by atoms with van der Waals surface area (Å²) in [5, 5.41) is 29.9. The fourth-order valence-electron chi connectivity index (χ4n) is 1.87.